The third-order valence-electron chi connectivity index (χ3n) is 2.90. The van der Waals surface area contributed by atoms with Gasteiger partial charge in [-0.05, 0) is 11.8 Å². The van der Waals surface area contributed by atoms with Crippen molar-refractivity contribution in [2.45, 2.75) is 33.2 Å². The molecule has 1 atom stereocenters. The van der Waals surface area contributed by atoms with Crippen molar-refractivity contribution >= 4 is 0 Å². The Balaban J connectivity index is 2.43. The molecular weight excluding hydrogens is 136 g/mol. The minimum Gasteiger partial charge on any atom is -0.314 e. The standard InChI is InChI=1S/C9H20N2/c1-4-9(2,3)8-7-10-5-6-11-8/h8,10-11H,4-7H2,1-3H3/t8-/m0/s1. The molecule has 0 radical (unpaired) electrons. The van der Waals surface area contributed by atoms with E-state index >= 15 is 0 Å². The third kappa shape index (κ3) is 2.17. The largest absolute Gasteiger partial charge is 0.314 e. The highest BCUT2D eigenvalue weighted by molar-refractivity contribution is 4.87. The van der Waals surface area contributed by atoms with Crippen LogP contribution in [-0.2, 0) is 0 Å². The summed E-state index contributed by atoms with van der Waals surface area (Å²) in [4.78, 5) is 0. The number of hydrogen-bond donors (Lipinski definition) is 2. The molecule has 1 aliphatic rings. The van der Waals surface area contributed by atoms with Gasteiger partial charge in [-0.3, -0.25) is 0 Å². The molecule has 0 aliphatic carbocycles. The van der Waals surface area contributed by atoms with Gasteiger partial charge in [0, 0.05) is 25.7 Å². The summed E-state index contributed by atoms with van der Waals surface area (Å²) >= 11 is 0. The van der Waals surface area contributed by atoms with Crippen molar-refractivity contribution in [1.82, 2.24) is 10.6 Å². The fraction of sp³-hybridized carbons (Fsp3) is 1.00. The van der Waals surface area contributed by atoms with Crippen LogP contribution in [0.5, 0.6) is 0 Å². The molecule has 0 aromatic carbocycles. The zero-order chi connectivity index (χ0) is 8.32. The molecule has 0 amide bonds. The van der Waals surface area contributed by atoms with Crippen LogP contribution in [-0.4, -0.2) is 25.7 Å². The zero-order valence-corrected chi connectivity index (χ0v) is 7.91. The molecule has 2 heteroatoms. The van der Waals surface area contributed by atoms with Gasteiger partial charge in [-0.1, -0.05) is 20.8 Å². The van der Waals surface area contributed by atoms with Crippen LogP contribution < -0.4 is 10.6 Å². The monoisotopic (exact) mass is 156 g/mol. The highest BCUT2D eigenvalue weighted by Crippen LogP contribution is 2.24. The first-order chi connectivity index (χ1) is 5.17. The molecule has 0 spiro atoms. The first kappa shape index (κ1) is 9.01. The number of piperazine rings is 1. The van der Waals surface area contributed by atoms with E-state index in [2.05, 4.69) is 31.4 Å². The lowest BCUT2D eigenvalue weighted by molar-refractivity contribution is 0.208. The number of rotatable bonds is 2. The fourth-order valence-corrected chi connectivity index (χ4v) is 1.45. The van der Waals surface area contributed by atoms with Crippen molar-refractivity contribution in [3.05, 3.63) is 0 Å². The van der Waals surface area contributed by atoms with Gasteiger partial charge in [-0.25, -0.2) is 0 Å². The Hall–Kier alpha value is -0.0800. The van der Waals surface area contributed by atoms with Gasteiger partial charge in [-0.2, -0.15) is 0 Å². The maximum Gasteiger partial charge on any atom is 0.0244 e. The molecule has 0 unspecified atom stereocenters. The highest BCUT2D eigenvalue weighted by Gasteiger charge is 2.28. The molecule has 0 saturated carbocycles. The average Bonchev–Trinajstić information content (AvgIpc) is 2.06. The minimum absolute atomic E-state index is 0.438. The number of hydrogen-bond acceptors (Lipinski definition) is 2. The maximum absolute atomic E-state index is 3.55. The first-order valence-corrected chi connectivity index (χ1v) is 4.61. The maximum atomic E-state index is 3.55. The van der Waals surface area contributed by atoms with Gasteiger partial charge >= 0.3 is 0 Å². The number of nitrogens with one attached hydrogen (secondary N) is 2. The normalized spacial score (nSPS) is 27.0. The van der Waals surface area contributed by atoms with Crippen molar-refractivity contribution in [3.8, 4) is 0 Å². The van der Waals surface area contributed by atoms with E-state index in [4.69, 9.17) is 0 Å². The van der Waals surface area contributed by atoms with Crippen LogP contribution >= 0.6 is 0 Å². The molecule has 0 aromatic heterocycles. The summed E-state index contributed by atoms with van der Waals surface area (Å²) in [5.74, 6) is 0. The quantitative estimate of drug-likeness (QED) is 0.623. The summed E-state index contributed by atoms with van der Waals surface area (Å²) in [5, 5.41) is 6.96. The van der Waals surface area contributed by atoms with E-state index < -0.39 is 0 Å². The van der Waals surface area contributed by atoms with Gasteiger partial charge in [0.1, 0.15) is 0 Å². The predicted octanol–water partition coefficient (Wildman–Crippen LogP) is 0.984. The van der Waals surface area contributed by atoms with Gasteiger partial charge in [0.25, 0.3) is 0 Å². The van der Waals surface area contributed by atoms with E-state index in [0.29, 0.717) is 11.5 Å². The molecule has 1 aliphatic heterocycles. The van der Waals surface area contributed by atoms with E-state index in [-0.39, 0.29) is 0 Å². The van der Waals surface area contributed by atoms with E-state index in [1.807, 2.05) is 0 Å². The van der Waals surface area contributed by atoms with Crippen LogP contribution in [0.4, 0.5) is 0 Å². The molecule has 0 aromatic rings. The lowest BCUT2D eigenvalue weighted by atomic mass is 9.81. The molecule has 11 heavy (non-hydrogen) atoms. The van der Waals surface area contributed by atoms with Crippen molar-refractivity contribution in [2.75, 3.05) is 19.6 Å². The van der Waals surface area contributed by atoms with E-state index in [1.165, 1.54) is 6.42 Å². The first-order valence-electron chi connectivity index (χ1n) is 4.61. The topological polar surface area (TPSA) is 24.1 Å². The van der Waals surface area contributed by atoms with Crippen molar-refractivity contribution < 1.29 is 0 Å². The van der Waals surface area contributed by atoms with Crippen molar-refractivity contribution in [1.29, 1.82) is 0 Å². The summed E-state index contributed by atoms with van der Waals surface area (Å²) in [6.07, 6.45) is 1.24. The molecular formula is C9H20N2. The minimum atomic E-state index is 0.438. The van der Waals surface area contributed by atoms with Crippen LogP contribution in [0.15, 0.2) is 0 Å². The van der Waals surface area contributed by atoms with E-state index in [9.17, 15) is 0 Å². The van der Waals surface area contributed by atoms with Crippen molar-refractivity contribution in [3.63, 3.8) is 0 Å². The Morgan fingerprint density at radius 2 is 2.09 bits per heavy atom. The molecule has 2 nitrogen and oxygen atoms in total. The van der Waals surface area contributed by atoms with E-state index in [1.54, 1.807) is 0 Å². The van der Waals surface area contributed by atoms with E-state index in [0.717, 1.165) is 19.6 Å². The summed E-state index contributed by atoms with van der Waals surface area (Å²) < 4.78 is 0. The second-order valence-corrected chi connectivity index (χ2v) is 4.05. The smallest absolute Gasteiger partial charge is 0.0244 e. The van der Waals surface area contributed by atoms with Crippen LogP contribution in [0.2, 0.25) is 0 Å². The van der Waals surface area contributed by atoms with Gasteiger partial charge in [0.05, 0.1) is 0 Å². The van der Waals surface area contributed by atoms with Gasteiger partial charge in [0.2, 0.25) is 0 Å². The molecule has 66 valence electrons. The molecule has 1 saturated heterocycles. The second kappa shape index (κ2) is 3.55. The molecule has 1 heterocycles. The molecule has 2 N–H and O–H groups in total. The molecule has 1 rings (SSSR count). The summed E-state index contributed by atoms with van der Waals surface area (Å²) in [6.45, 7) is 10.3. The van der Waals surface area contributed by atoms with Gasteiger partial charge in [0.15, 0.2) is 0 Å². The van der Waals surface area contributed by atoms with Crippen molar-refractivity contribution in [2.24, 2.45) is 5.41 Å². The predicted molar refractivity (Wildman–Crippen MR) is 48.7 cm³/mol. The Labute approximate surface area is 69.8 Å². The molecule has 0 bridgehead atoms. The Morgan fingerprint density at radius 3 is 2.55 bits per heavy atom. The van der Waals surface area contributed by atoms with Crippen LogP contribution in [0.3, 0.4) is 0 Å². The lowest BCUT2D eigenvalue weighted by Crippen LogP contribution is -2.54. The van der Waals surface area contributed by atoms with Crippen LogP contribution in [0.1, 0.15) is 27.2 Å². The lowest BCUT2D eigenvalue weighted by Gasteiger charge is -2.37. The second-order valence-electron chi connectivity index (χ2n) is 4.05. The van der Waals surface area contributed by atoms with Crippen LogP contribution in [0, 0.1) is 5.41 Å². The summed E-state index contributed by atoms with van der Waals surface area (Å²) in [5.41, 5.74) is 0.438. The molecule has 1 fully saturated rings. The fourth-order valence-electron chi connectivity index (χ4n) is 1.45. The average molecular weight is 156 g/mol. The van der Waals surface area contributed by atoms with Gasteiger partial charge < -0.3 is 10.6 Å². The summed E-state index contributed by atoms with van der Waals surface area (Å²) in [7, 11) is 0. The third-order valence-corrected chi connectivity index (χ3v) is 2.90. The SMILES string of the molecule is CCC(C)(C)[C@@H]1CNCCN1. The Bertz CT molecular complexity index is 115. The van der Waals surface area contributed by atoms with Gasteiger partial charge in [-0.15, -0.1) is 0 Å². The zero-order valence-electron chi connectivity index (χ0n) is 7.91. The van der Waals surface area contributed by atoms with Crippen LogP contribution in [0.25, 0.3) is 0 Å². The summed E-state index contributed by atoms with van der Waals surface area (Å²) in [6, 6.07) is 0.654. The Kier molecular flexibility index (Phi) is 2.90. The Morgan fingerprint density at radius 1 is 1.36 bits per heavy atom. The highest BCUT2D eigenvalue weighted by atomic mass is 15.1.